The van der Waals surface area contributed by atoms with Gasteiger partial charge in [-0.25, -0.2) is 9.78 Å². The third-order valence-corrected chi connectivity index (χ3v) is 5.89. The van der Waals surface area contributed by atoms with Gasteiger partial charge in [0.05, 0.1) is 6.20 Å². The van der Waals surface area contributed by atoms with Crippen molar-refractivity contribution in [3.63, 3.8) is 0 Å². The molecule has 0 saturated carbocycles. The van der Waals surface area contributed by atoms with Crippen LogP contribution in [0.25, 0.3) is 11.1 Å². The van der Waals surface area contributed by atoms with Crippen LogP contribution >= 0.6 is 11.3 Å². The summed E-state index contributed by atoms with van der Waals surface area (Å²) < 4.78 is 5.46. The maximum atomic E-state index is 12.3. The number of nitrogens with one attached hydrogen (secondary N) is 1. The number of carbonyl (C=O) groups excluding carboxylic acids is 2. The Bertz CT molecular complexity index is 1110. The Hall–Kier alpha value is -3.72. The normalized spacial score (nSPS) is 12.0. The van der Waals surface area contributed by atoms with Crippen LogP contribution in [0.5, 0.6) is 0 Å². The zero-order chi connectivity index (χ0) is 22.0. The number of aliphatic carboxylic acids is 1. The van der Waals surface area contributed by atoms with Crippen molar-refractivity contribution in [3.8, 4) is 11.1 Å². The Morgan fingerprint density at radius 1 is 1.10 bits per heavy atom. The number of likely N-dealkylation sites (N-methyl/N-ethyl adjacent to an activating group) is 1. The molecular weight excluding hydrogens is 418 g/mol. The first-order chi connectivity index (χ1) is 14.9. The van der Waals surface area contributed by atoms with Crippen molar-refractivity contribution in [2.75, 3.05) is 25.5 Å². The van der Waals surface area contributed by atoms with E-state index >= 15 is 0 Å². The van der Waals surface area contributed by atoms with E-state index in [0.717, 1.165) is 38.5 Å². The molecule has 1 aliphatic rings. The quantitative estimate of drug-likeness (QED) is 0.609. The molecule has 0 spiro atoms. The number of benzene rings is 2. The van der Waals surface area contributed by atoms with E-state index in [0.29, 0.717) is 0 Å². The van der Waals surface area contributed by atoms with Gasteiger partial charge in [0.1, 0.15) is 18.0 Å². The number of nitrogens with zero attached hydrogens (tertiary/aromatic N) is 2. The number of aromatic nitrogens is 1. The summed E-state index contributed by atoms with van der Waals surface area (Å²) in [4.78, 5) is 40.5. The van der Waals surface area contributed by atoms with Crippen molar-refractivity contribution < 1.29 is 24.2 Å². The lowest BCUT2D eigenvalue weighted by Crippen LogP contribution is -2.31. The standard InChI is InChI=1S/C22H19N3O5S/c1-25(11-19(26)27)20(28)18-10-23-21(31-18)24-22(29)30-12-17-15-8-4-2-6-13(15)14-7-3-5-9-16(14)17/h2-10,17H,11-12H2,1H3,(H,26,27)(H,23,24,29). The molecule has 0 atom stereocenters. The first kappa shape index (κ1) is 20.5. The Morgan fingerprint density at radius 2 is 1.71 bits per heavy atom. The number of rotatable bonds is 6. The minimum absolute atomic E-state index is 0.0590. The number of hydrogen-bond donors (Lipinski definition) is 2. The van der Waals surface area contributed by atoms with Crippen LogP contribution in [-0.4, -0.2) is 53.2 Å². The van der Waals surface area contributed by atoms with Crippen LogP contribution in [-0.2, 0) is 9.53 Å². The van der Waals surface area contributed by atoms with Gasteiger partial charge in [-0.3, -0.25) is 14.9 Å². The number of carboxylic acid groups (broad SMARTS) is 1. The number of carboxylic acids is 1. The van der Waals surface area contributed by atoms with E-state index in [-0.39, 0.29) is 22.5 Å². The summed E-state index contributed by atoms with van der Waals surface area (Å²) in [6, 6.07) is 16.1. The number of anilines is 1. The minimum Gasteiger partial charge on any atom is -0.480 e. The van der Waals surface area contributed by atoms with E-state index < -0.39 is 24.5 Å². The predicted octanol–water partition coefficient (Wildman–Crippen LogP) is 3.66. The van der Waals surface area contributed by atoms with Gasteiger partial charge in [-0.05, 0) is 22.3 Å². The monoisotopic (exact) mass is 437 g/mol. The van der Waals surface area contributed by atoms with E-state index in [9.17, 15) is 14.4 Å². The van der Waals surface area contributed by atoms with E-state index in [1.165, 1.54) is 13.2 Å². The molecule has 0 bridgehead atoms. The van der Waals surface area contributed by atoms with Crippen LogP contribution in [0, 0.1) is 0 Å². The number of carbonyl (C=O) groups is 3. The second kappa shape index (κ2) is 8.57. The highest BCUT2D eigenvalue weighted by Gasteiger charge is 2.29. The number of amides is 2. The van der Waals surface area contributed by atoms with Crippen LogP contribution in [0.15, 0.2) is 54.7 Å². The van der Waals surface area contributed by atoms with E-state index in [1.807, 2.05) is 36.4 Å². The summed E-state index contributed by atoms with van der Waals surface area (Å²) in [7, 11) is 1.38. The molecule has 0 fully saturated rings. The first-order valence-electron chi connectivity index (χ1n) is 9.49. The fourth-order valence-electron chi connectivity index (χ4n) is 3.62. The molecule has 0 aliphatic heterocycles. The molecule has 3 aromatic rings. The van der Waals surface area contributed by atoms with Crippen LogP contribution in [0.4, 0.5) is 9.93 Å². The van der Waals surface area contributed by atoms with Crippen molar-refractivity contribution in [2.24, 2.45) is 0 Å². The van der Waals surface area contributed by atoms with Crippen molar-refractivity contribution >= 4 is 34.4 Å². The lowest BCUT2D eigenvalue weighted by atomic mass is 9.98. The lowest BCUT2D eigenvalue weighted by molar-refractivity contribution is -0.137. The largest absolute Gasteiger partial charge is 0.480 e. The smallest absolute Gasteiger partial charge is 0.413 e. The summed E-state index contributed by atoms with van der Waals surface area (Å²) in [6.07, 6.45) is 0.624. The van der Waals surface area contributed by atoms with Gasteiger partial charge < -0.3 is 14.7 Å². The van der Waals surface area contributed by atoms with Crippen LogP contribution in [0.3, 0.4) is 0 Å². The third kappa shape index (κ3) is 4.26. The summed E-state index contributed by atoms with van der Waals surface area (Å²) in [5.74, 6) is -1.66. The molecule has 1 aliphatic carbocycles. The zero-order valence-corrected chi connectivity index (χ0v) is 17.4. The van der Waals surface area contributed by atoms with Gasteiger partial charge in [-0.2, -0.15) is 0 Å². The average molecular weight is 437 g/mol. The maximum Gasteiger partial charge on any atom is 0.413 e. The number of ether oxygens (including phenoxy) is 1. The molecule has 8 nitrogen and oxygen atoms in total. The first-order valence-corrected chi connectivity index (χ1v) is 10.3. The second-order valence-corrected chi connectivity index (χ2v) is 8.07. The molecule has 1 heterocycles. The van der Waals surface area contributed by atoms with Crippen molar-refractivity contribution in [1.82, 2.24) is 9.88 Å². The number of thiazole rings is 1. The van der Waals surface area contributed by atoms with Crippen LogP contribution < -0.4 is 5.32 Å². The molecule has 2 amide bonds. The second-order valence-electron chi connectivity index (χ2n) is 7.04. The van der Waals surface area contributed by atoms with Crippen molar-refractivity contribution in [3.05, 3.63) is 70.7 Å². The van der Waals surface area contributed by atoms with Gasteiger partial charge in [0, 0.05) is 13.0 Å². The highest BCUT2D eigenvalue weighted by molar-refractivity contribution is 7.17. The number of hydrogen-bond acceptors (Lipinski definition) is 6. The fraction of sp³-hybridized carbons (Fsp3) is 0.182. The molecule has 0 radical (unpaired) electrons. The van der Waals surface area contributed by atoms with Crippen LogP contribution in [0.1, 0.15) is 26.7 Å². The molecule has 1 aromatic heterocycles. The molecule has 4 rings (SSSR count). The Balaban J connectivity index is 1.39. The Morgan fingerprint density at radius 3 is 2.32 bits per heavy atom. The van der Waals surface area contributed by atoms with E-state index in [1.54, 1.807) is 0 Å². The van der Waals surface area contributed by atoms with Gasteiger partial charge in [-0.1, -0.05) is 59.9 Å². The molecule has 2 aromatic carbocycles. The van der Waals surface area contributed by atoms with Gasteiger partial charge in [0.15, 0.2) is 5.13 Å². The lowest BCUT2D eigenvalue weighted by Gasteiger charge is -2.14. The zero-order valence-electron chi connectivity index (χ0n) is 16.6. The summed E-state index contributed by atoms with van der Waals surface area (Å²) in [5, 5.41) is 11.5. The van der Waals surface area contributed by atoms with Crippen molar-refractivity contribution in [1.29, 1.82) is 0 Å². The molecule has 158 valence electrons. The highest BCUT2D eigenvalue weighted by atomic mass is 32.1. The molecule has 2 N–H and O–H groups in total. The molecule has 0 unspecified atom stereocenters. The fourth-order valence-corrected chi connectivity index (χ4v) is 4.41. The Kier molecular flexibility index (Phi) is 5.68. The average Bonchev–Trinajstić information content (AvgIpc) is 3.34. The van der Waals surface area contributed by atoms with Gasteiger partial charge in [-0.15, -0.1) is 0 Å². The maximum absolute atomic E-state index is 12.3. The highest BCUT2D eigenvalue weighted by Crippen LogP contribution is 2.44. The summed E-state index contributed by atoms with van der Waals surface area (Å²) in [6.45, 7) is -0.260. The topological polar surface area (TPSA) is 109 Å². The molecule has 9 heteroatoms. The predicted molar refractivity (Wildman–Crippen MR) is 115 cm³/mol. The summed E-state index contributed by atoms with van der Waals surface area (Å²) >= 11 is 0.953. The van der Waals surface area contributed by atoms with Gasteiger partial charge in [0.25, 0.3) is 5.91 Å². The van der Waals surface area contributed by atoms with E-state index in [4.69, 9.17) is 9.84 Å². The molecular formula is C22H19N3O5S. The SMILES string of the molecule is CN(CC(=O)O)C(=O)c1cnc(NC(=O)OCC2c3ccccc3-c3ccccc32)s1. The van der Waals surface area contributed by atoms with E-state index in [2.05, 4.69) is 22.4 Å². The Labute approximate surface area is 182 Å². The van der Waals surface area contributed by atoms with Crippen LogP contribution in [0.2, 0.25) is 0 Å². The number of fused-ring (bicyclic) bond motifs is 3. The van der Waals surface area contributed by atoms with Gasteiger partial charge >= 0.3 is 12.1 Å². The molecule has 31 heavy (non-hydrogen) atoms. The molecule has 0 saturated heterocycles. The third-order valence-electron chi connectivity index (χ3n) is 4.99. The summed E-state index contributed by atoms with van der Waals surface area (Å²) in [5.41, 5.74) is 4.50. The van der Waals surface area contributed by atoms with Gasteiger partial charge in [0.2, 0.25) is 0 Å². The minimum atomic E-state index is -1.11. The van der Waals surface area contributed by atoms with Crippen molar-refractivity contribution in [2.45, 2.75) is 5.92 Å².